The summed E-state index contributed by atoms with van der Waals surface area (Å²) in [4.78, 5) is 13.8. The molecule has 3 rings (SSSR count). The summed E-state index contributed by atoms with van der Waals surface area (Å²) in [7, 11) is 0. The van der Waals surface area contributed by atoms with Crippen molar-refractivity contribution in [3.8, 4) is 5.75 Å². The molecule has 1 saturated carbocycles. The molecule has 1 saturated heterocycles. The Morgan fingerprint density at radius 3 is 2.50 bits per heavy atom. The molecule has 2 amide bonds. The standard InChI is InChI=1S/C25H41N3O6/c29-22-7-12-28(13-8-22)25(31)27-11-10-26-17-23(30)19-34-24-5-3-20(4-6-24)9-14-32-15-16-33-18-21-1-2-21/h3-6,21-23,26,29-30H,1-2,7-19H2,(H,27,31). The first-order valence-electron chi connectivity index (χ1n) is 12.6. The molecule has 1 atom stereocenters. The van der Waals surface area contributed by atoms with Crippen molar-refractivity contribution in [1.29, 1.82) is 0 Å². The number of carbonyl (C=O) groups excluding carboxylic acids is 1. The van der Waals surface area contributed by atoms with E-state index in [0.717, 1.165) is 24.7 Å². The van der Waals surface area contributed by atoms with Gasteiger partial charge < -0.3 is 40.0 Å². The van der Waals surface area contributed by atoms with Crippen LogP contribution in [0, 0.1) is 5.92 Å². The third-order valence-electron chi connectivity index (χ3n) is 6.03. The lowest BCUT2D eigenvalue weighted by Gasteiger charge is -2.29. The van der Waals surface area contributed by atoms with Crippen LogP contribution in [0.15, 0.2) is 24.3 Å². The molecule has 0 spiro atoms. The van der Waals surface area contributed by atoms with Gasteiger partial charge in [-0.25, -0.2) is 4.79 Å². The highest BCUT2D eigenvalue weighted by Gasteiger charge is 2.21. The van der Waals surface area contributed by atoms with Crippen LogP contribution >= 0.6 is 0 Å². The van der Waals surface area contributed by atoms with E-state index in [1.165, 1.54) is 18.4 Å². The van der Waals surface area contributed by atoms with Gasteiger partial charge in [0.2, 0.25) is 0 Å². The zero-order valence-corrected chi connectivity index (χ0v) is 20.1. The minimum atomic E-state index is -0.644. The Bertz CT molecular complexity index is 692. The number of aliphatic hydroxyl groups excluding tert-OH is 2. The van der Waals surface area contributed by atoms with E-state index in [9.17, 15) is 15.0 Å². The highest BCUT2D eigenvalue weighted by atomic mass is 16.5. The number of piperidine rings is 1. The summed E-state index contributed by atoms with van der Waals surface area (Å²) in [5, 5.41) is 25.6. The number of rotatable bonds is 16. The van der Waals surface area contributed by atoms with E-state index in [1.807, 2.05) is 24.3 Å². The van der Waals surface area contributed by atoms with Crippen molar-refractivity contribution in [1.82, 2.24) is 15.5 Å². The molecule has 4 N–H and O–H groups in total. The summed E-state index contributed by atoms with van der Waals surface area (Å²) in [5.41, 5.74) is 1.18. The quantitative estimate of drug-likeness (QED) is 0.263. The van der Waals surface area contributed by atoms with E-state index < -0.39 is 6.10 Å². The molecule has 0 aromatic heterocycles. The van der Waals surface area contributed by atoms with Gasteiger partial charge in [-0.2, -0.15) is 0 Å². The molecular weight excluding hydrogens is 438 g/mol. The fourth-order valence-corrected chi connectivity index (χ4v) is 3.66. The maximum Gasteiger partial charge on any atom is 0.317 e. The molecule has 34 heavy (non-hydrogen) atoms. The molecule has 192 valence electrons. The highest BCUT2D eigenvalue weighted by molar-refractivity contribution is 5.74. The number of hydrogen-bond acceptors (Lipinski definition) is 7. The number of nitrogens with zero attached hydrogens (tertiary/aromatic N) is 1. The number of amides is 2. The lowest BCUT2D eigenvalue weighted by atomic mass is 10.1. The minimum absolute atomic E-state index is 0.106. The Hall–Kier alpha value is -1.91. The van der Waals surface area contributed by atoms with Crippen molar-refractivity contribution in [2.45, 2.75) is 44.3 Å². The Morgan fingerprint density at radius 2 is 1.76 bits per heavy atom. The second-order valence-corrected chi connectivity index (χ2v) is 9.14. The minimum Gasteiger partial charge on any atom is -0.491 e. The Labute approximate surface area is 202 Å². The molecule has 0 radical (unpaired) electrons. The number of urea groups is 1. The molecule has 9 nitrogen and oxygen atoms in total. The summed E-state index contributed by atoms with van der Waals surface area (Å²) in [6.07, 6.45) is 3.78. The van der Waals surface area contributed by atoms with Gasteiger partial charge in [-0.05, 0) is 55.7 Å². The van der Waals surface area contributed by atoms with Crippen molar-refractivity contribution < 1.29 is 29.2 Å². The fourth-order valence-electron chi connectivity index (χ4n) is 3.66. The number of aliphatic hydroxyl groups is 2. The lowest BCUT2D eigenvalue weighted by Crippen LogP contribution is -2.47. The molecule has 2 fully saturated rings. The largest absolute Gasteiger partial charge is 0.491 e. The molecule has 1 aliphatic carbocycles. The number of nitrogens with one attached hydrogen (secondary N) is 2. The van der Waals surface area contributed by atoms with Crippen LogP contribution in [0.5, 0.6) is 5.75 Å². The second-order valence-electron chi connectivity index (χ2n) is 9.14. The third-order valence-corrected chi connectivity index (χ3v) is 6.03. The van der Waals surface area contributed by atoms with E-state index in [-0.39, 0.29) is 18.7 Å². The van der Waals surface area contributed by atoms with E-state index in [4.69, 9.17) is 14.2 Å². The predicted octanol–water partition coefficient (Wildman–Crippen LogP) is 1.17. The third kappa shape index (κ3) is 11.0. The average molecular weight is 480 g/mol. The fraction of sp³-hybridized carbons (Fsp3) is 0.720. The van der Waals surface area contributed by atoms with Crippen LogP contribution in [-0.2, 0) is 15.9 Å². The van der Waals surface area contributed by atoms with Gasteiger partial charge in [0.15, 0.2) is 0 Å². The lowest BCUT2D eigenvalue weighted by molar-refractivity contribution is 0.0448. The topological polar surface area (TPSA) is 113 Å². The van der Waals surface area contributed by atoms with Crippen LogP contribution in [-0.4, -0.2) is 99.1 Å². The van der Waals surface area contributed by atoms with E-state index in [2.05, 4.69) is 10.6 Å². The highest BCUT2D eigenvalue weighted by Crippen LogP contribution is 2.28. The van der Waals surface area contributed by atoms with Crippen molar-refractivity contribution in [3.05, 3.63) is 29.8 Å². The van der Waals surface area contributed by atoms with Gasteiger partial charge in [0.05, 0.1) is 25.9 Å². The Balaban J connectivity index is 1.15. The van der Waals surface area contributed by atoms with Crippen molar-refractivity contribution >= 4 is 6.03 Å². The molecular formula is C25H41N3O6. The number of ether oxygens (including phenoxy) is 3. The first-order valence-corrected chi connectivity index (χ1v) is 12.6. The molecule has 9 heteroatoms. The maximum atomic E-state index is 12.0. The summed E-state index contributed by atoms with van der Waals surface area (Å²) in [6, 6.07) is 7.73. The second kappa shape index (κ2) is 15.2. The molecule has 1 aromatic rings. The molecule has 1 unspecified atom stereocenters. The predicted molar refractivity (Wildman–Crippen MR) is 129 cm³/mol. The maximum absolute atomic E-state index is 12.0. The Morgan fingerprint density at radius 1 is 1.03 bits per heavy atom. The number of benzene rings is 1. The first kappa shape index (κ1) is 26.7. The van der Waals surface area contributed by atoms with Crippen LogP contribution < -0.4 is 15.4 Å². The molecule has 1 aliphatic heterocycles. The zero-order chi connectivity index (χ0) is 24.0. The summed E-state index contributed by atoms with van der Waals surface area (Å²) in [5.74, 6) is 1.51. The SMILES string of the molecule is O=C(NCCNCC(O)COc1ccc(CCOCCOCC2CC2)cc1)N1CCC(O)CC1. The first-order chi connectivity index (χ1) is 16.6. The number of likely N-dealkylation sites (tertiary alicyclic amines) is 1. The van der Waals surface area contributed by atoms with Gasteiger partial charge in [-0.15, -0.1) is 0 Å². The van der Waals surface area contributed by atoms with Gasteiger partial charge in [0.1, 0.15) is 18.5 Å². The summed E-state index contributed by atoms with van der Waals surface area (Å²) < 4.78 is 16.8. The van der Waals surface area contributed by atoms with Gasteiger partial charge in [-0.3, -0.25) is 0 Å². The van der Waals surface area contributed by atoms with Crippen LogP contribution in [0.4, 0.5) is 4.79 Å². The van der Waals surface area contributed by atoms with E-state index in [1.54, 1.807) is 4.90 Å². The van der Waals surface area contributed by atoms with Gasteiger partial charge in [-0.1, -0.05) is 12.1 Å². The van der Waals surface area contributed by atoms with E-state index in [0.29, 0.717) is 65.4 Å². The number of carbonyl (C=O) groups is 1. The number of hydrogen-bond donors (Lipinski definition) is 4. The van der Waals surface area contributed by atoms with Crippen LogP contribution in [0.3, 0.4) is 0 Å². The van der Waals surface area contributed by atoms with Crippen LogP contribution in [0.2, 0.25) is 0 Å². The zero-order valence-electron chi connectivity index (χ0n) is 20.1. The molecule has 0 bridgehead atoms. The van der Waals surface area contributed by atoms with Crippen molar-refractivity contribution in [2.75, 3.05) is 65.8 Å². The van der Waals surface area contributed by atoms with Crippen LogP contribution in [0.1, 0.15) is 31.2 Å². The average Bonchev–Trinajstić information content (AvgIpc) is 3.67. The normalized spacial score (nSPS) is 17.5. The van der Waals surface area contributed by atoms with Crippen molar-refractivity contribution in [2.24, 2.45) is 5.92 Å². The Kier molecular flexibility index (Phi) is 11.9. The molecule has 2 aliphatic rings. The summed E-state index contributed by atoms with van der Waals surface area (Å²) >= 11 is 0. The summed E-state index contributed by atoms with van der Waals surface area (Å²) in [6.45, 7) is 5.62. The van der Waals surface area contributed by atoms with Gasteiger partial charge in [0, 0.05) is 39.3 Å². The smallest absolute Gasteiger partial charge is 0.317 e. The van der Waals surface area contributed by atoms with Crippen LogP contribution in [0.25, 0.3) is 0 Å². The van der Waals surface area contributed by atoms with Crippen molar-refractivity contribution in [3.63, 3.8) is 0 Å². The van der Waals surface area contributed by atoms with E-state index >= 15 is 0 Å². The van der Waals surface area contributed by atoms with Gasteiger partial charge in [0.25, 0.3) is 0 Å². The monoisotopic (exact) mass is 479 g/mol. The van der Waals surface area contributed by atoms with Gasteiger partial charge >= 0.3 is 6.03 Å². The molecule has 1 heterocycles. The molecule has 1 aromatic carbocycles.